The Morgan fingerprint density at radius 2 is 1.84 bits per heavy atom. The molecule has 108 valence electrons. The van der Waals surface area contributed by atoms with Crippen LogP contribution in [0, 0.1) is 0 Å². The van der Waals surface area contributed by atoms with E-state index in [1.165, 1.54) is 6.26 Å². The maximum atomic E-state index is 11.1. The SMILES string of the molecule is CN(C)c1ccc(C(CCCS(C)(=O)=O)NN)cc1. The Kier molecular flexibility index (Phi) is 5.78. The maximum Gasteiger partial charge on any atom is 0.147 e. The zero-order valence-corrected chi connectivity index (χ0v) is 12.6. The van der Waals surface area contributed by atoms with Gasteiger partial charge in [-0.2, -0.15) is 0 Å². The van der Waals surface area contributed by atoms with Crippen molar-refractivity contribution in [3.05, 3.63) is 29.8 Å². The van der Waals surface area contributed by atoms with Crippen LogP contribution in [-0.2, 0) is 9.84 Å². The normalized spacial score (nSPS) is 13.3. The number of hydrazine groups is 1. The molecular formula is C13H23N3O2S. The van der Waals surface area contributed by atoms with E-state index >= 15 is 0 Å². The first-order valence-corrected chi connectivity index (χ1v) is 8.30. The number of nitrogens with zero attached hydrogens (tertiary/aromatic N) is 1. The second-order valence-corrected chi connectivity index (χ2v) is 7.24. The quantitative estimate of drug-likeness (QED) is 0.579. The van der Waals surface area contributed by atoms with Gasteiger partial charge in [-0.05, 0) is 30.5 Å². The average Bonchev–Trinajstić information content (AvgIpc) is 2.33. The zero-order chi connectivity index (χ0) is 14.5. The van der Waals surface area contributed by atoms with Crippen molar-refractivity contribution in [3.8, 4) is 0 Å². The van der Waals surface area contributed by atoms with Crippen molar-refractivity contribution in [1.29, 1.82) is 0 Å². The van der Waals surface area contributed by atoms with Crippen LogP contribution in [0.4, 0.5) is 5.69 Å². The summed E-state index contributed by atoms with van der Waals surface area (Å²) < 4.78 is 22.2. The smallest absolute Gasteiger partial charge is 0.147 e. The highest BCUT2D eigenvalue weighted by molar-refractivity contribution is 7.90. The molecule has 1 aromatic rings. The standard InChI is InChI=1S/C13H23N3O2S/c1-16(2)12-8-6-11(7-9-12)13(15-14)5-4-10-19(3,17)18/h6-9,13,15H,4-5,10,14H2,1-3H3. The molecule has 0 saturated carbocycles. The Morgan fingerprint density at radius 1 is 1.26 bits per heavy atom. The highest BCUT2D eigenvalue weighted by Crippen LogP contribution is 2.21. The molecule has 0 amide bonds. The first-order chi connectivity index (χ1) is 8.83. The van der Waals surface area contributed by atoms with Gasteiger partial charge in [-0.25, -0.2) is 8.42 Å². The molecule has 1 aromatic carbocycles. The van der Waals surface area contributed by atoms with Gasteiger partial charge in [0.1, 0.15) is 9.84 Å². The summed E-state index contributed by atoms with van der Waals surface area (Å²) >= 11 is 0. The predicted molar refractivity (Wildman–Crippen MR) is 79.8 cm³/mol. The number of hydrogen-bond acceptors (Lipinski definition) is 5. The fourth-order valence-electron chi connectivity index (χ4n) is 1.90. The van der Waals surface area contributed by atoms with Gasteiger partial charge >= 0.3 is 0 Å². The first-order valence-electron chi connectivity index (χ1n) is 6.24. The van der Waals surface area contributed by atoms with Crippen molar-refractivity contribution < 1.29 is 8.42 Å². The number of hydrogen-bond donors (Lipinski definition) is 2. The van der Waals surface area contributed by atoms with Gasteiger partial charge in [0, 0.05) is 37.8 Å². The summed E-state index contributed by atoms with van der Waals surface area (Å²) in [5, 5.41) is 0. The Morgan fingerprint density at radius 3 is 2.26 bits per heavy atom. The molecule has 0 spiro atoms. The lowest BCUT2D eigenvalue weighted by atomic mass is 10.0. The van der Waals surface area contributed by atoms with E-state index in [-0.39, 0.29) is 11.8 Å². The van der Waals surface area contributed by atoms with Gasteiger partial charge in [0.25, 0.3) is 0 Å². The van der Waals surface area contributed by atoms with E-state index in [4.69, 9.17) is 5.84 Å². The van der Waals surface area contributed by atoms with Crippen molar-refractivity contribution >= 4 is 15.5 Å². The third-order valence-electron chi connectivity index (χ3n) is 3.02. The molecular weight excluding hydrogens is 262 g/mol. The maximum absolute atomic E-state index is 11.1. The summed E-state index contributed by atoms with van der Waals surface area (Å²) in [7, 11) is 1.07. The summed E-state index contributed by atoms with van der Waals surface area (Å²) in [4.78, 5) is 2.03. The van der Waals surface area contributed by atoms with Gasteiger partial charge < -0.3 is 4.90 Å². The van der Waals surface area contributed by atoms with Gasteiger partial charge in [-0.3, -0.25) is 11.3 Å². The van der Waals surface area contributed by atoms with Gasteiger partial charge in [-0.1, -0.05) is 12.1 Å². The molecule has 19 heavy (non-hydrogen) atoms. The molecule has 1 unspecified atom stereocenters. The molecule has 5 nitrogen and oxygen atoms in total. The molecule has 1 rings (SSSR count). The topological polar surface area (TPSA) is 75.4 Å². The Balaban J connectivity index is 2.64. The van der Waals surface area contributed by atoms with Crippen LogP contribution in [0.2, 0.25) is 0 Å². The number of anilines is 1. The van der Waals surface area contributed by atoms with Gasteiger partial charge in [0.05, 0.1) is 0 Å². The Labute approximate surface area is 115 Å². The molecule has 0 saturated heterocycles. The molecule has 0 heterocycles. The molecule has 0 aliphatic heterocycles. The van der Waals surface area contributed by atoms with E-state index in [0.717, 1.165) is 11.3 Å². The molecule has 0 fully saturated rings. The van der Waals surface area contributed by atoms with Crippen molar-refractivity contribution in [2.24, 2.45) is 5.84 Å². The van der Waals surface area contributed by atoms with E-state index in [1.54, 1.807) is 0 Å². The summed E-state index contributed by atoms with van der Waals surface area (Å²) in [5.74, 6) is 5.74. The second kappa shape index (κ2) is 6.88. The number of nitrogens with one attached hydrogen (secondary N) is 1. The minimum absolute atomic E-state index is 0.0158. The summed E-state index contributed by atoms with van der Waals surface area (Å²) in [5.41, 5.74) is 4.94. The van der Waals surface area contributed by atoms with Crippen LogP contribution >= 0.6 is 0 Å². The van der Waals surface area contributed by atoms with E-state index < -0.39 is 9.84 Å². The number of rotatable bonds is 7. The fraction of sp³-hybridized carbons (Fsp3) is 0.538. The monoisotopic (exact) mass is 285 g/mol. The summed E-state index contributed by atoms with van der Waals surface area (Å²) in [6.45, 7) is 0. The predicted octanol–water partition coefficient (Wildman–Crippen LogP) is 1.08. The number of benzene rings is 1. The molecule has 0 radical (unpaired) electrons. The van der Waals surface area contributed by atoms with E-state index in [0.29, 0.717) is 12.8 Å². The zero-order valence-electron chi connectivity index (χ0n) is 11.8. The van der Waals surface area contributed by atoms with Crippen LogP contribution in [-0.4, -0.2) is 34.5 Å². The number of sulfone groups is 1. The Hall–Kier alpha value is -1.11. The van der Waals surface area contributed by atoms with E-state index in [1.807, 2.05) is 43.3 Å². The van der Waals surface area contributed by atoms with Gasteiger partial charge in [0.15, 0.2) is 0 Å². The van der Waals surface area contributed by atoms with E-state index in [2.05, 4.69) is 5.43 Å². The molecule has 0 bridgehead atoms. The molecule has 6 heteroatoms. The fourth-order valence-corrected chi connectivity index (χ4v) is 2.59. The highest BCUT2D eigenvalue weighted by Gasteiger charge is 2.11. The molecule has 1 atom stereocenters. The average molecular weight is 285 g/mol. The second-order valence-electron chi connectivity index (χ2n) is 4.98. The van der Waals surface area contributed by atoms with Crippen molar-refractivity contribution in [2.45, 2.75) is 18.9 Å². The lowest BCUT2D eigenvalue weighted by Gasteiger charge is -2.18. The van der Waals surface area contributed by atoms with Crippen LogP contribution in [0.3, 0.4) is 0 Å². The molecule has 0 aliphatic rings. The third kappa shape index (κ3) is 5.59. The molecule has 3 N–H and O–H groups in total. The molecule has 0 aliphatic carbocycles. The van der Waals surface area contributed by atoms with Crippen molar-refractivity contribution in [3.63, 3.8) is 0 Å². The van der Waals surface area contributed by atoms with Crippen LogP contribution < -0.4 is 16.2 Å². The lowest BCUT2D eigenvalue weighted by Crippen LogP contribution is -2.28. The van der Waals surface area contributed by atoms with E-state index in [9.17, 15) is 8.42 Å². The van der Waals surface area contributed by atoms with Crippen LogP contribution in [0.25, 0.3) is 0 Å². The third-order valence-corrected chi connectivity index (χ3v) is 4.05. The number of nitrogens with two attached hydrogens (primary N) is 1. The van der Waals surface area contributed by atoms with Gasteiger partial charge in [-0.15, -0.1) is 0 Å². The highest BCUT2D eigenvalue weighted by atomic mass is 32.2. The largest absolute Gasteiger partial charge is 0.378 e. The lowest BCUT2D eigenvalue weighted by molar-refractivity contribution is 0.507. The minimum Gasteiger partial charge on any atom is -0.378 e. The van der Waals surface area contributed by atoms with Crippen molar-refractivity contribution in [1.82, 2.24) is 5.43 Å². The molecule has 0 aromatic heterocycles. The van der Waals surface area contributed by atoms with Crippen LogP contribution in [0.1, 0.15) is 24.4 Å². The van der Waals surface area contributed by atoms with Crippen molar-refractivity contribution in [2.75, 3.05) is 31.0 Å². The Bertz CT molecular complexity index is 483. The summed E-state index contributed by atoms with van der Waals surface area (Å²) in [6, 6.07) is 8.06. The minimum atomic E-state index is -2.90. The first kappa shape index (κ1) is 15.9. The van der Waals surface area contributed by atoms with Crippen LogP contribution in [0.5, 0.6) is 0 Å². The van der Waals surface area contributed by atoms with Gasteiger partial charge in [0.2, 0.25) is 0 Å². The summed E-state index contributed by atoms with van der Waals surface area (Å²) in [6.07, 6.45) is 2.55. The van der Waals surface area contributed by atoms with Crippen LogP contribution in [0.15, 0.2) is 24.3 Å².